The van der Waals surface area contributed by atoms with Gasteiger partial charge >= 0.3 is 0 Å². The van der Waals surface area contributed by atoms with Gasteiger partial charge in [0.05, 0.1) is 30.3 Å². The van der Waals surface area contributed by atoms with Gasteiger partial charge in [-0.3, -0.25) is 9.36 Å². The van der Waals surface area contributed by atoms with Crippen molar-refractivity contribution in [3.8, 4) is 33.6 Å². The Hall–Kier alpha value is -3.36. The zero-order valence-corrected chi connectivity index (χ0v) is 22.7. The van der Waals surface area contributed by atoms with E-state index in [-0.39, 0.29) is 12.2 Å². The Labute approximate surface area is 224 Å². The first-order valence-electron chi connectivity index (χ1n) is 13.6. The van der Waals surface area contributed by atoms with Gasteiger partial charge in [-0.25, -0.2) is 9.97 Å². The summed E-state index contributed by atoms with van der Waals surface area (Å²) in [7, 11) is 3.87. The molecule has 0 N–H and O–H groups in total. The lowest BCUT2D eigenvalue weighted by molar-refractivity contribution is -0.149. The van der Waals surface area contributed by atoms with Gasteiger partial charge in [0.1, 0.15) is 0 Å². The standard InChI is InChI=1S/C30H36N6O2/c1-30(2)37-27-13-7-9-20(28(27)38-30)8-6-12-26-25(24-16-33-36(4)19-24)17-31-29(34-26)22-11-5-10-21(14-22)23-15-32-35(3)18-23/h5,10-11,14-20,27-28H,6-9,12-13H2,1-4H3/t20-,27-,28+/m0/s1. The molecule has 2 aliphatic rings. The van der Waals surface area contributed by atoms with Gasteiger partial charge in [0.2, 0.25) is 0 Å². The number of benzene rings is 1. The molecule has 2 fully saturated rings. The molecule has 8 nitrogen and oxygen atoms in total. The molecule has 38 heavy (non-hydrogen) atoms. The van der Waals surface area contributed by atoms with E-state index in [9.17, 15) is 0 Å². The van der Waals surface area contributed by atoms with Gasteiger partial charge in [-0.1, -0.05) is 24.6 Å². The van der Waals surface area contributed by atoms with E-state index in [0.717, 1.165) is 65.0 Å². The Kier molecular flexibility index (Phi) is 6.61. The Balaban J connectivity index is 1.25. The van der Waals surface area contributed by atoms with Crippen LogP contribution >= 0.6 is 0 Å². The predicted molar refractivity (Wildman–Crippen MR) is 146 cm³/mol. The highest BCUT2D eigenvalue weighted by atomic mass is 16.8. The maximum atomic E-state index is 6.33. The lowest BCUT2D eigenvalue weighted by Crippen LogP contribution is -2.35. The molecular weight excluding hydrogens is 476 g/mol. The molecule has 4 heterocycles. The second-order valence-corrected chi connectivity index (χ2v) is 11.2. The van der Waals surface area contributed by atoms with Crippen molar-refractivity contribution in [3.05, 3.63) is 60.9 Å². The van der Waals surface area contributed by atoms with Gasteiger partial charge in [-0.15, -0.1) is 0 Å². The van der Waals surface area contributed by atoms with Crippen molar-refractivity contribution in [1.29, 1.82) is 0 Å². The van der Waals surface area contributed by atoms with E-state index >= 15 is 0 Å². The van der Waals surface area contributed by atoms with E-state index in [4.69, 9.17) is 19.4 Å². The highest BCUT2D eigenvalue weighted by molar-refractivity contribution is 5.71. The van der Waals surface area contributed by atoms with Crippen LogP contribution in [-0.2, 0) is 30.0 Å². The minimum atomic E-state index is -0.475. The lowest BCUT2D eigenvalue weighted by Gasteiger charge is -2.31. The number of nitrogens with zero attached hydrogens (tertiary/aromatic N) is 6. The van der Waals surface area contributed by atoms with E-state index < -0.39 is 5.79 Å². The summed E-state index contributed by atoms with van der Waals surface area (Å²) in [4.78, 5) is 9.90. The smallest absolute Gasteiger partial charge is 0.163 e. The highest BCUT2D eigenvalue weighted by Crippen LogP contribution is 2.41. The lowest BCUT2D eigenvalue weighted by atomic mass is 9.81. The van der Waals surface area contributed by atoms with Crippen LogP contribution in [0, 0.1) is 5.92 Å². The SMILES string of the molecule is Cn1cc(-c2cccc(-c3ncc(-c4cnn(C)c4)c(CCC[C@H]4CCC[C@@H]5OC(C)(C)O[C@H]45)n3)c2)cn1. The molecule has 1 aromatic carbocycles. The van der Waals surface area contributed by atoms with Crippen LogP contribution in [-0.4, -0.2) is 47.5 Å². The van der Waals surface area contributed by atoms with Crippen LogP contribution in [0.3, 0.4) is 0 Å². The molecule has 8 heteroatoms. The van der Waals surface area contributed by atoms with Gasteiger partial charge in [0.25, 0.3) is 0 Å². The van der Waals surface area contributed by atoms with Crippen molar-refractivity contribution >= 4 is 0 Å². The molecule has 3 atom stereocenters. The van der Waals surface area contributed by atoms with Crippen LogP contribution in [0.2, 0.25) is 0 Å². The minimum absolute atomic E-state index is 0.202. The third-order valence-electron chi connectivity index (χ3n) is 7.78. The fourth-order valence-electron chi connectivity index (χ4n) is 6.03. The summed E-state index contributed by atoms with van der Waals surface area (Å²) in [6.45, 7) is 4.07. The summed E-state index contributed by atoms with van der Waals surface area (Å²) < 4.78 is 16.1. The molecule has 0 spiro atoms. The Morgan fingerprint density at radius 2 is 1.68 bits per heavy atom. The number of aryl methyl sites for hydroxylation is 3. The van der Waals surface area contributed by atoms with Crippen LogP contribution in [0.25, 0.3) is 33.6 Å². The normalized spacial score (nSPS) is 22.5. The van der Waals surface area contributed by atoms with Crippen molar-refractivity contribution < 1.29 is 9.47 Å². The summed E-state index contributed by atoms with van der Waals surface area (Å²) in [6, 6.07) is 8.37. The first-order valence-corrected chi connectivity index (χ1v) is 13.6. The molecule has 1 aliphatic heterocycles. The largest absolute Gasteiger partial charge is 0.345 e. The van der Waals surface area contributed by atoms with Crippen LogP contribution in [0.15, 0.2) is 55.2 Å². The average molecular weight is 513 g/mol. The van der Waals surface area contributed by atoms with E-state index in [1.54, 1.807) is 0 Å². The molecule has 0 radical (unpaired) electrons. The number of ether oxygens (including phenoxy) is 2. The van der Waals surface area contributed by atoms with Crippen molar-refractivity contribution in [2.75, 3.05) is 0 Å². The third kappa shape index (κ3) is 5.15. The molecule has 1 saturated heterocycles. The first-order chi connectivity index (χ1) is 18.3. The Morgan fingerprint density at radius 3 is 2.45 bits per heavy atom. The molecule has 1 aliphatic carbocycles. The second-order valence-electron chi connectivity index (χ2n) is 11.2. The Bertz CT molecular complexity index is 1420. The first kappa shape index (κ1) is 24.9. The summed E-state index contributed by atoms with van der Waals surface area (Å²) in [5, 5.41) is 8.71. The number of aromatic nitrogens is 6. The van der Waals surface area contributed by atoms with Gasteiger partial charge in [-0.2, -0.15) is 10.2 Å². The van der Waals surface area contributed by atoms with E-state index in [0.29, 0.717) is 5.92 Å². The number of fused-ring (bicyclic) bond motifs is 1. The number of hydrogen-bond donors (Lipinski definition) is 0. The van der Waals surface area contributed by atoms with Crippen LogP contribution in [0.4, 0.5) is 0 Å². The topological polar surface area (TPSA) is 79.9 Å². The predicted octanol–water partition coefficient (Wildman–Crippen LogP) is 5.59. The van der Waals surface area contributed by atoms with Crippen molar-refractivity contribution in [3.63, 3.8) is 0 Å². The molecule has 3 aromatic heterocycles. The maximum absolute atomic E-state index is 6.33. The van der Waals surface area contributed by atoms with E-state index in [2.05, 4.69) is 34.5 Å². The molecule has 0 bridgehead atoms. The van der Waals surface area contributed by atoms with Gasteiger partial charge in [0, 0.05) is 54.9 Å². The van der Waals surface area contributed by atoms with Gasteiger partial charge in [-0.05, 0) is 63.5 Å². The fraction of sp³-hybridized carbons (Fsp3) is 0.467. The Morgan fingerprint density at radius 1 is 0.921 bits per heavy atom. The molecule has 1 saturated carbocycles. The maximum Gasteiger partial charge on any atom is 0.163 e. The third-order valence-corrected chi connectivity index (χ3v) is 7.78. The van der Waals surface area contributed by atoms with Gasteiger partial charge in [0.15, 0.2) is 11.6 Å². The molecule has 198 valence electrons. The van der Waals surface area contributed by atoms with E-state index in [1.165, 1.54) is 12.8 Å². The monoisotopic (exact) mass is 512 g/mol. The summed E-state index contributed by atoms with van der Waals surface area (Å²) in [5.74, 6) is 0.789. The summed E-state index contributed by atoms with van der Waals surface area (Å²) in [6.07, 6.45) is 16.7. The van der Waals surface area contributed by atoms with Crippen LogP contribution in [0.5, 0.6) is 0 Å². The van der Waals surface area contributed by atoms with Crippen molar-refractivity contribution in [1.82, 2.24) is 29.5 Å². The van der Waals surface area contributed by atoms with Crippen molar-refractivity contribution in [2.24, 2.45) is 20.0 Å². The molecule has 0 amide bonds. The second kappa shape index (κ2) is 10.1. The summed E-state index contributed by atoms with van der Waals surface area (Å²) in [5.41, 5.74) is 6.34. The minimum Gasteiger partial charge on any atom is -0.345 e. The quantitative estimate of drug-likeness (QED) is 0.321. The average Bonchev–Trinajstić information content (AvgIpc) is 3.61. The van der Waals surface area contributed by atoms with Crippen LogP contribution < -0.4 is 0 Å². The number of rotatable bonds is 7. The van der Waals surface area contributed by atoms with E-state index in [1.807, 2.05) is 68.3 Å². The number of hydrogen-bond acceptors (Lipinski definition) is 6. The molecule has 6 rings (SSSR count). The van der Waals surface area contributed by atoms with Gasteiger partial charge < -0.3 is 9.47 Å². The molecule has 0 unspecified atom stereocenters. The highest BCUT2D eigenvalue weighted by Gasteiger charge is 2.46. The van der Waals surface area contributed by atoms with Crippen molar-refractivity contribution in [2.45, 2.75) is 70.4 Å². The fourth-order valence-corrected chi connectivity index (χ4v) is 6.03. The zero-order chi connectivity index (χ0) is 26.3. The van der Waals surface area contributed by atoms with Crippen LogP contribution in [0.1, 0.15) is 51.6 Å². The molecule has 4 aromatic rings. The molecular formula is C30H36N6O2. The zero-order valence-electron chi connectivity index (χ0n) is 22.7. The summed E-state index contributed by atoms with van der Waals surface area (Å²) >= 11 is 0.